The number of methoxy groups -OCH3 is 1. The Bertz CT molecular complexity index is 213. The molecule has 0 bridgehead atoms. The van der Waals surface area contributed by atoms with Gasteiger partial charge in [-0.1, -0.05) is 0 Å². The molecule has 0 atom stereocenters. The van der Waals surface area contributed by atoms with Crippen molar-refractivity contribution < 1.29 is 26.5 Å². The summed E-state index contributed by atoms with van der Waals surface area (Å²) in [6.45, 7) is 2.61. The van der Waals surface area contributed by atoms with Gasteiger partial charge in [-0.25, -0.2) is 0 Å². The molecule has 0 aliphatic carbocycles. The molecule has 2 nitrogen and oxygen atoms in total. The summed E-state index contributed by atoms with van der Waals surface area (Å²) in [7, 11) is 1.63. The fourth-order valence-electron chi connectivity index (χ4n) is 0.769. The summed E-state index contributed by atoms with van der Waals surface area (Å²) in [5.74, 6) is 1.56. The standard InChI is InChI=1S/C9H11O2.BrH.Mg/c1-3-11-9-6-4-8(10-2)5-7-9;;/h4-6H,3H2,1-2H3;1H;/q-1;;+2/p-1. The fraction of sp³-hybridized carbons (Fsp3) is 0.333. The zero-order valence-electron chi connectivity index (χ0n) is 7.84. The zero-order chi connectivity index (χ0) is 8.10. The van der Waals surface area contributed by atoms with E-state index in [4.69, 9.17) is 9.47 Å². The first kappa shape index (κ1) is 15.5. The van der Waals surface area contributed by atoms with Gasteiger partial charge in [0.25, 0.3) is 0 Å². The molecular weight excluding hydrogens is 244 g/mol. The summed E-state index contributed by atoms with van der Waals surface area (Å²) >= 11 is 0. The first-order valence-corrected chi connectivity index (χ1v) is 3.55. The van der Waals surface area contributed by atoms with Crippen LogP contribution < -0.4 is 26.5 Å². The molecule has 0 fully saturated rings. The second kappa shape index (κ2) is 8.66. The molecule has 0 aliphatic rings. The van der Waals surface area contributed by atoms with Crippen LogP contribution in [0.15, 0.2) is 18.2 Å². The third-order valence-electron chi connectivity index (χ3n) is 1.29. The summed E-state index contributed by atoms with van der Waals surface area (Å²) in [4.78, 5) is 0. The Morgan fingerprint density at radius 3 is 2.46 bits per heavy atom. The second-order valence-corrected chi connectivity index (χ2v) is 2.03. The van der Waals surface area contributed by atoms with Crippen molar-refractivity contribution in [2.24, 2.45) is 0 Å². The first-order chi connectivity index (χ1) is 5.36. The van der Waals surface area contributed by atoms with Gasteiger partial charge in [0.05, 0.1) is 13.7 Å². The quantitative estimate of drug-likeness (QED) is 0.484. The van der Waals surface area contributed by atoms with Gasteiger partial charge < -0.3 is 26.5 Å². The second-order valence-electron chi connectivity index (χ2n) is 2.03. The van der Waals surface area contributed by atoms with Crippen molar-refractivity contribution >= 4 is 23.1 Å². The minimum absolute atomic E-state index is 0. The van der Waals surface area contributed by atoms with Crippen LogP contribution in [0, 0.1) is 6.07 Å². The van der Waals surface area contributed by atoms with E-state index in [1.165, 1.54) is 0 Å². The maximum Gasteiger partial charge on any atom is 2.00 e. The average Bonchev–Trinajstić information content (AvgIpc) is 2.07. The minimum atomic E-state index is 0. The van der Waals surface area contributed by atoms with Gasteiger partial charge in [-0.2, -0.15) is 0 Å². The Hall–Kier alpha value is 0.0662. The van der Waals surface area contributed by atoms with Gasteiger partial charge in [-0.15, -0.1) is 24.3 Å². The van der Waals surface area contributed by atoms with Crippen LogP contribution >= 0.6 is 0 Å². The van der Waals surface area contributed by atoms with E-state index in [2.05, 4.69) is 6.07 Å². The summed E-state index contributed by atoms with van der Waals surface area (Å²) < 4.78 is 10.2. The molecule has 1 aromatic rings. The van der Waals surface area contributed by atoms with Crippen LogP contribution in [0.3, 0.4) is 0 Å². The molecule has 0 radical (unpaired) electrons. The van der Waals surface area contributed by atoms with E-state index in [1.54, 1.807) is 13.2 Å². The van der Waals surface area contributed by atoms with Crippen LogP contribution in [0.25, 0.3) is 0 Å². The molecule has 1 aromatic carbocycles. The van der Waals surface area contributed by atoms with E-state index in [0.29, 0.717) is 6.61 Å². The van der Waals surface area contributed by atoms with Gasteiger partial charge >= 0.3 is 23.1 Å². The summed E-state index contributed by atoms with van der Waals surface area (Å²) in [6.07, 6.45) is 0. The molecule has 0 aliphatic heterocycles. The molecule has 0 unspecified atom stereocenters. The monoisotopic (exact) mass is 254 g/mol. The van der Waals surface area contributed by atoms with Crippen molar-refractivity contribution in [2.75, 3.05) is 13.7 Å². The third-order valence-corrected chi connectivity index (χ3v) is 1.29. The molecule has 4 heteroatoms. The number of ether oxygens (including phenoxy) is 2. The fourth-order valence-corrected chi connectivity index (χ4v) is 0.769. The molecule has 0 spiro atoms. The normalized spacial score (nSPS) is 7.85. The van der Waals surface area contributed by atoms with Crippen LogP contribution in [-0.2, 0) is 0 Å². The smallest absolute Gasteiger partial charge is 1.00 e. The first-order valence-electron chi connectivity index (χ1n) is 3.55. The average molecular weight is 255 g/mol. The molecule has 1 rings (SSSR count). The number of halogens is 1. The number of rotatable bonds is 3. The van der Waals surface area contributed by atoms with E-state index in [9.17, 15) is 0 Å². The Morgan fingerprint density at radius 2 is 2.08 bits per heavy atom. The van der Waals surface area contributed by atoms with Crippen molar-refractivity contribution in [1.29, 1.82) is 0 Å². The predicted molar refractivity (Wildman–Crippen MR) is 48.8 cm³/mol. The van der Waals surface area contributed by atoms with Crippen LogP contribution in [0.1, 0.15) is 6.92 Å². The minimum Gasteiger partial charge on any atom is -1.00 e. The van der Waals surface area contributed by atoms with E-state index < -0.39 is 0 Å². The predicted octanol–water partition coefficient (Wildman–Crippen LogP) is -1.48. The largest absolute Gasteiger partial charge is 2.00 e. The molecule has 0 saturated carbocycles. The Kier molecular flexibility index (Phi) is 10.3. The molecule has 0 N–H and O–H groups in total. The molecule has 68 valence electrons. The molecule has 0 aromatic heterocycles. The van der Waals surface area contributed by atoms with E-state index in [-0.39, 0.29) is 40.0 Å². The third kappa shape index (κ3) is 5.39. The van der Waals surface area contributed by atoms with Gasteiger partial charge in [-0.05, 0) is 6.92 Å². The van der Waals surface area contributed by atoms with E-state index >= 15 is 0 Å². The molecule has 13 heavy (non-hydrogen) atoms. The van der Waals surface area contributed by atoms with Crippen molar-refractivity contribution in [2.45, 2.75) is 6.92 Å². The number of hydrogen-bond acceptors (Lipinski definition) is 2. The summed E-state index contributed by atoms with van der Waals surface area (Å²) in [6, 6.07) is 8.38. The van der Waals surface area contributed by atoms with Crippen molar-refractivity contribution in [3.8, 4) is 11.5 Å². The van der Waals surface area contributed by atoms with Crippen LogP contribution in [0.4, 0.5) is 0 Å². The van der Waals surface area contributed by atoms with Gasteiger partial charge in [0.2, 0.25) is 0 Å². The van der Waals surface area contributed by atoms with E-state index in [1.807, 2.05) is 19.1 Å². The van der Waals surface area contributed by atoms with Crippen molar-refractivity contribution in [1.82, 2.24) is 0 Å². The molecular formula is C9H11BrMgO2. The summed E-state index contributed by atoms with van der Waals surface area (Å²) in [5, 5.41) is 0. The van der Waals surface area contributed by atoms with Crippen molar-refractivity contribution in [3.05, 3.63) is 24.3 Å². The van der Waals surface area contributed by atoms with Crippen LogP contribution in [0.5, 0.6) is 11.5 Å². The maximum atomic E-state index is 5.19. The van der Waals surface area contributed by atoms with Crippen molar-refractivity contribution in [3.63, 3.8) is 0 Å². The SMILES string of the molecule is CCOc1[c-]cc(OC)cc1.[Br-].[Mg+2]. The zero-order valence-corrected chi connectivity index (χ0v) is 10.8. The molecule has 0 amide bonds. The van der Waals surface area contributed by atoms with E-state index in [0.717, 1.165) is 11.5 Å². The molecule has 0 heterocycles. The van der Waals surface area contributed by atoms with Crippen LogP contribution in [-0.4, -0.2) is 36.8 Å². The van der Waals surface area contributed by atoms with Gasteiger partial charge in [0.1, 0.15) is 0 Å². The van der Waals surface area contributed by atoms with Gasteiger partial charge in [0, 0.05) is 11.5 Å². The Morgan fingerprint density at radius 1 is 1.38 bits per heavy atom. The summed E-state index contributed by atoms with van der Waals surface area (Å²) in [5.41, 5.74) is 0. The van der Waals surface area contributed by atoms with Gasteiger partial charge in [0.15, 0.2) is 0 Å². The number of hydrogen-bond donors (Lipinski definition) is 0. The Labute approximate surface area is 106 Å². The topological polar surface area (TPSA) is 18.5 Å². The van der Waals surface area contributed by atoms with Gasteiger partial charge in [-0.3, -0.25) is 0 Å². The number of benzene rings is 1. The maximum absolute atomic E-state index is 5.19. The van der Waals surface area contributed by atoms with Crippen LogP contribution in [0.2, 0.25) is 0 Å². The molecule has 0 saturated heterocycles. The Balaban J connectivity index is 0.